The van der Waals surface area contributed by atoms with Crippen LogP contribution in [0.15, 0.2) is 10.6 Å². The second kappa shape index (κ2) is 8.25. The summed E-state index contributed by atoms with van der Waals surface area (Å²) in [4.78, 5) is 12.6. The highest BCUT2D eigenvalue weighted by molar-refractivity contribution is 7.87. The van der Waals surface area contributed by atoms with Gasteiger partial charge in [0.15, 0.2) is 0 Å². The third-order valence-corrected chi connectivity index (χ3v) is 6.62. The third kappa shape index (κ3) is 4.66. The Balaban J connectivity index is 2.88. The number of nitrogens with zero attached hydrogens (tertiary/aromatic N) is 1. The summed E-state index contributed by atoms with van der Waals surface area (Å²) in [6.45, 7) is 11.0. The molecule has 7 heteroatoms. The standard InChI is InChI=1S/C17H30N2O4S/c1-7-9-12(8-2)24(22)17(5,6)15(21)18-14-10-13(19-23-14)16(3,4)11-20/h10,12,20H,7-9,11H2,1-6H3,(H,18,21). The summed E-state index contributed by atoms with van der Waals surface area (Å²) in [7, 11) is -1.30. The van der Waals surface area contributed by atoms with E-state index < -0.39 is 21.0 Å². The first-order valence-electron chi connectivity index (χ1n) is 8.40. The molecule has 0 spiro atoms. The monoisotopic (exact) mass is 358 g/mol. The van der Waals surface area contributed by atoms with Gasteiger partial charge < -0.3 is 9.63 Å². The van der Waals surface area contributed by atoms with Gasteiger partial charge in [0, 0.05) is 27.5 Å². The average Bonchev–Trinajstić information content (AvgIpc) is 3.01. The molecule has 0 aliphatic heterocycles. The topological polar surface area (TPSA) is 92.4 Å². The van der Waals surface area contributed by atoms with Crippen molar-refractivity contribution in [2.75, 3.05) is 11.9 Å². The molecule has 1 heterocycles. The average molecular weight is 359 g/mol. The van der Waals surface area contributed by atoms with Gasteiger partial charge in [-0.25, -0.2) is 0 Å². The number of anilines is 1. The summed E-state index contributed by atoms with van der Waals surface area (Å²) in [6, 6.07) is 1.59. The molecule has 0 aliphatic rings. The van der Waals surface area contributed by atoms with Crippen molar-refractivity contribution in [3.63, 3.8) is 0 Å². The van der Waals surface area contributed by atoms with Gasteiger partial charge >= 0.3 is 0 Å². The van der Waals surface area contributed by atoms with Crippen LogP contribution in [-0.2, 0) is 21.0 Å². The molecule has 2 unspecified atom stereocenters. The maximum absolute atomic E-state index is 12.8. The Morgan fingerprint density at radius 1 is 1.38 bits per heavy atom. The number of rotatable bonds is 9. The summed E-state index contributed by atoms with van der Waals surface area (Å²) in [5, 5.41) is 15.9. The van der Waals surface area contributed by atoms with Crippen molar-refractivity contribution in [2.24, 2.45) is 0 Å². The molecule has 2 N–H and O–H groups in total. The van der Waals surface area contributed by atoms with Gasteiger partial charge in [-0.2, -0.15) is 0 Å². The van der Waals surface area contributed by atoms with E-state index in [9.17, 15) is 14.1 Å². The van der Waals surface area contributed by atoms with E-state index >= 15 is 0 Å². The largest absolute Gasteiger partial charge is 0.395 e. The Morgan fingerprint density at radius 2 is 2.00 bits per heavy atom. The lowest BCUT2D eigenvalue weighted by molar-refractivity contribution is -0.117. The van der Waals surface area contributed by atoms with Crippen molar-refractivity contribution in [3.05, 3.63) is 11.8 Å². The summed E-state index contributed by atoms with van der Waals surface area (Å²) < 4.78 is 16.9. The van der Waals surface area contributed by atoms with Crippen molar-refractivity contribution in [1.82, 2.24) is 5.16 Å². The van der Waals surface area contributed by atoms with Crippen LogP contribution in [0.25, 0.3) is 0 Å². The van der Waals surface area contributed by atoms with Crippen LogP contribution in [0.1, 0.15) is 66.5 Å². The number of aliphatic hydroxyl groups excluding tert-OH is 1. The number of hydrogen-bond donors (Lipinski definition) is 2. The summed E-state index contributed by atoms with van der Waals surface area (Å²) in [5.74, 6) is -0.162. The van der Waals surface area contributed by atoms with Crippen LogP contribution >= 0.6 is 0 Å². The first-order valence-corrected chi connectivity index (χ1v) is 9.61. The third-order valence-electron chi connectivity index (χ3n) is 4.25. The lowest BCUT2D eigenvalue weighted by Crippen LogP contribution is -2.44. The fourth-order valence-corrected chi connectivity index (χ4v) is 4.11. The van der Waals surface area contributed by atoms with Gasteiger partial charge in [0.1, 0.15) is 4.75 Å². The Kier molecular flexibility index (Phi) is 7.16. The van der Waals surface area contributed by atoms with Crippen molar-refractivity contribution in [3.8, 4) is 0 Å². The molecule has 1 aromatic heterocycles. The Hall–Kier alpha value is -1.21. The number of aliphatic hydroxyl groups is 1. The summed E-state index contributed by atoms with van der Waals surface area (Å²) in [6.07, 6.45) is 2.54. The summed E-state index contributed by atoms with van der Waals surface area (Å²) in [5.41, 5.74) is -0.00385. The number of hydrogen-bond acceptors (Lipinski definition) is 5. The van der Waals surface area contributed by atoms with Gasteiger partial charge in [-0.1, -0.05) is 39.3 Å². The first-order chi connectivity index (χ1) is 11.1. The van der Waals surface area contributed by atoms with Gasteiger partial charge in [-0.05, 0) is 26.7 Å². The Labute approximate surface area is 146 Å². The molecule has 2 atom stereocenters. The molecular weight excluding hydrogens is 328 g/mol. The van der Waals surface area contributed by atoms with E-state index in [1.54, 1.807) is 19.9 Å². The molecule has 0 aliphatic carbocycles. The quantitative estimate of drug-likeness (QED) is 0.708. The van der Waals surface area contributed by atoms with E-state index in [4.69, 9.17) is 4.52 Å². The fraction of sp³-hybridized carbons (Fsp3) is 0.765. The van der Waals surface area contributed by atoms with E-state index in [2.05, 4.69) is 10.5 Å². The molecule has 1 amide bonds. The van der Waals surface area contributed by atoms with Crippen LogP contribution in [0.4, 0.5) is 5.88 Å². The molecule has 0 radical (unpaired) electrons. The predicted molar refractivity (Wildman–Crippen MR) is 96.5 cm³/mol. The zero-order valence-corrected chi connectivity index (χ0v) is 16.3. The molecule has 1 rings (SSSR count). The SMILES string of the molecule is CCCC(CC)S(=O)C(C)(C)C(=O)Nc1cc(C(C)(C)CO)no1. The van der Waals surface area contributed by atoms with Gasteiger partial charge in [0.2, 0.25) is 11.8 Å². The van der Waals surface area contributed by atoms with E-state index in [-0.39, 0.29) is 23.6 Å². The number of carbonyl (C=O) groups excluding carboxylic acids is 1. The van der Waals surface area contributed by atoms with Crippen LogP contribution in [0.5, 0.6) is 0 Å². The Morgan fingerprint density at radius 3 is 2.50 bits per heavy atom. The molecule has 138 valence electrons. The van der Waals surface area contributed by atoms with E-state index in [0.717, 1.165) is 19.3 Å². The maximum Gasteiger partial charge on any atom is 0.245 e. The zero-order valence-electron chi connectivity index (χ0n) is 15.5. The molecule has 0 fully saturated rings. The summed E-state index contributed by atoms with van der Waals surface area (Å²) >= 11 is 0. The molecule has 0 saturated carbocycles. The van der Waals surface area contributed by atoms with Crippen LogP contribution in [-0.4, -0.2) is 37.0 Å². The van der Waals surface area contributed by atoms with Crippen LogP contribution < -0.4 is 5.32 Å². The van der Waals surface area contributed by atoms with Crippen LogP contribution in [0, 0.1) is 0 Å². The van der Waals surface area contributed by atoms with Crippen LogP contribution in [0.2, 0.25) is 0 Å². The number of carbonyl (C=O) groups is 1. The van der Waals surface area contributed by atoms with Gasteiger partial charge in [-0.15, -0.1) is 0 Å². The zero-order chi connectivity index (χ0) is 18.5. The normalized spacial score (nSPS) is 15.1. The highest BCUT2D eigenvalue weighted by Gasteiger charge is 2.38. The lowest BCUT2D eigenvalue weighted by atomic mass is 9.91. The minimum Gasteiger partial charge on any atom is -0.395 e. The predicted octanol–water partition coefficient (Wildman–Crippen LogP) is 2.99. The Bertz CT molecular complexity index is 581. The minimum atomic E-state index is -1.30. The molecule has 0 saturated heterocycles. The molecule has 0 aromatic carbocycles. The fourth-order valence-electron chi connectivity index (χ4n) is 2.29. The highest BCUT2D eigenvalue weighted by Crippen LogP contribution is 2.27. The van der Waals surface area contributed by atoms with Crippen molar-refractivity contribution in [1.29, 1.82) is 0 Å². The number of amides is 1. The maximum atomic E-state index is 12.8. The second-order valence-corrected chi connectivity index (χ2v) is 9.48. The smallest absolute Gasteiger partial charge is 0.245 e. The van der Waals surface area contributed by atoms with Crippen LogP contribution in [0.3, 0.4) is 0 Å². The highest BCUT2D eigenvalue weighted by atomic mass is 32.2. The van der Waals surface area contributed by atoms with Gasteiger partial charge in [-0.3, -0.25) is 14.3 Å². The molecule has 6 nitrogen and oxygen atoms in total. The second-order valence-electron chi connectivity index (χ2n) is 7.20. The van der Waals surface area contributed by atoms with E-state index in [1.807, 2.05) is 27.7 Å². The molecule has 24 heavy (non-hydrogen) atoms. The van der Waals surface area contributed by atoms with E-state index in [0.29, 0.717) is 5.69 Å². The lowest BCUT2D eigenvalue weighted by Gasteiger charge is -2.27. The van der Waals surface area contributed by atoms with Gasteiger partial charge in [0.25, 0.3) is 0 Å². The number of aromatic nitrogens is 1. The first kappa shape index (κ1) is 20.8. The van der Waals surface area contributed by atoms with Crippen molar-refractivity contribution >= 4 is 22.6 Å². The van der Waals surface area contributed by atoms with Gasteiger partial charge in [0.05, 0.1) is 12.3 Å². The number of nitrogens with one attached hydrogen (secondary N) is 1. The molecule has 1 aromatic rings. The minimum absolute atomic E-state index is 0.00522. The van der Waals surface area contributed by atoms with Crippen molar-refractivity contribution < 1.29 is 18.6 Å². The van der Waals surface area contributed by atoms with E-state index in [1.165, 1.54) is 0 Å². The van der Waals surface area contributed by atoms with Crippen molar-refractivity contribution in [2.45, 2.75) is 76.2 Å². The molecule has 0 bridgehead atoms. The molecular formula is C17H30N2O4S.